The van der Waals surface area contributed by atoms with Crippen molar-refractivity contribution in [2.45, 2.75) is 13.3 Å². The number of carboxylic acid groups (broad SMARTS) is 1. The summed E-state index contributed by atoms with van der Waals surface area (Å²) in [7, 11) is 0. The molecule has 1 aromatic heterocycles. The first-order chi connectivity index (χ1) is 7.58. The minimum Gasteiger partial charge on any atom is -0.481 e. The zero-order chi connectivity index (χ0) is 11.7. The predicted molar refractivity (Wildman–Crippen MR) is 61.6 cm³/mol. The van der Waals surface area contributed by atoms with E-state index >= 15 is 0 Å². The molecule has 0 bridgehead atoms. The van der Waals surface area contributed by atoms with E-state index in [4.69, 9.17) is 16.7 Å². The maximum absolute atomic E-state index is 10.7. The number of aromatic amines is 1. The quantitative estimate of drug-likeness (QED) is 0.863. The number of halogens is 1. The van der Waals surface area contributed by atoms with Crippen molar-refractivity contribution in [2.75, 3.05) is 0 Å². The Morgan fingerprint density at radius 2 is 2.38 bits per heavy atom. The fourth-order valence-electron chi connectivity index (χ4n) is 1.62. The highest BCUT2D eigenvalue weighted by Crippen LogP contribution is 2.23. The number of benzene rings is 1. The normalized spacial score (nSPS) is 12.9. The van der Waals surface area contributed by atoms with E-state index in [1.165, 1.54) is 0 Å². The molecule has 0 fully saturated rings. The summed E-state index contributed by atoms with van der Waals surface area (Å²) in [6.07, 6.45) is 2.03. The topological polar surface area (TPSA) is 66.0 Å². The van der Waals surface area contributed by atoms with Crippen LogP contribution in [0, 0.1) is 5.92 Å². The Balaban J connectivity index is 2.35. The van der Waals surface area contributed by atoms with Gasteiger partial charge in [0.1, 0.15) is 5.52 Å². The van der Waals surface area contributed by atoms with E-state index in [0.717, 1.165) is 11.1 Å². The molecule has 5 heteroatoms. The smallest absolute Gasteiger partial charge is 0.306 e. The van der Waals surface area contributed by atoms with Crippen LogP contribution in [-0.4, -0.2) is 21.0 Å². The standard InChI is InChI=1S/C11H11ClN2O2/c1-6(11(15)16)2-7-3-8(12)10-9(4-7)13-5-14-10/h3-6H,2H2,1H3,(H,13,14)(H,15,16). The highest BCUT2D eigenvalue weighted by atomic mass is 35.5. The monoisotopic (exact) mass is 238 g/mol. The molecule has 0 aliphatic carbocycles. The van der Waals surface area contributed by atoms with Crippen LogP contribution >= 0.6 is 11.6 Å². The van der Waals surface area contributed by atoms with Crippen LogP contribution in [-0.2, 0) is 11.2 Å². The summed E-state index contributed by atoms with van der Waals surface area (Å²) >= 11 is 6.04. The van der Waals surface area contributed by atoms with Gasteiger partial charge in [0.25, 0.3) is 0 Å². The van der Waals surface area contributed by atoms with Gasteiger partial charge in [0.2, 0.25) is 0 Å². The molecule has 1 aromatic carbocycles. The van der Waals surface area contributed by atoms with Gasteiger partial charge in [-0.25, -0.2) is 4.98 Å². The first-order valence-electron chi connectivity index (χ1n) is 4.92. The number of imidazole rings is 1. The zero-order valence-corrected chi connectivity index (χ0v) is 9.45. The largest absolute Gasteiger partial charge is 0.481 e. The number of fused-ring (bicyclic) bond motifs is 1. The highest BCUT2D eigenvalue weighted by Gasteiger charge is 2.13. The van der Waals surface area contributed by atoms with Gasteiger partial charge in [-0.05, 0) is 24.1 Å². The summed E-state index contributed by atoms with van der Waals surface area (Å²) in [5, 5.41) is 9.38. The van der Waals surface area contributed by atoms with E-state index in [-0.39, 0.29) is 0 Å². The van der Waals surface area contributed by atoms with Crippen molar-refractivity contribution in [3.8, 4) is 0 Å². The van der Waals surface area contributed by atoms with Gasteiger partial charge >= 0.3 is 5.97 Å². The van der Waals surface area contributed by atoms with E-state index in [2.05, 4.69) is 9.97 Å². The number of carbonyl (C=O) groups is 1. The van der Waals surface area contributed by atoms with Gasteiger partial charge in [0.15, 0.2) is 0 Å². The van der Waals surface area contributed by atoms with Gasteiger partial charge in [-0.2, -0.15) is 0 Å². The third-order valence-electron chi connectivity index (χ3n) is 2.50. The Labute approximate surface area is 97.3 Å². The molecule has 0 aliphatic rings. The molecular formula is C11H11ClN2O2. The molecule has 0 radical (unpaired) electrons. The molecule has 84 valence electrons. The van der Waals surface area contributed by atoms with Gasteiger partial charge in [-0.15, -0.1) is 0 Å². The Bertz CT molecular complexity index is 536. The van der Waals surface area contributed by atoms with Crippen molar-refractivity contribution in [3.05, 3.63) is 29.0 Å². The number of nitrogens with zero attached hydrogens (tertiary/aromatic N) is 1. The number of carboxylic acids is 1. The van der Waals surface area contributed by atoms with Crippen LogP contribution in [0.15, 0.2) is 18.5 Å². The second-order valence-electron chi connectivity index (χ2n) is 3.82. The van der Waals surface area contributed by atoms with Crippen molar-refractivity contribution in [1.82, 2.24) is 9.97 Å². The highest BCUT2D eigenvalue weighted by molar-refractivity contribution is 6.35. The Kier molecular flexibility index (Phi) is 2.83. The van der Waals surface area contributed by atoms with Crippen molar-refractivity contribution in [1.29, 1.82) is 0 Å². The van der Waals surface area contributed by atoms with Crippen LogP contribution < -0.4 is 0 Å². The molecule has 16 heavy (non-hydrogen) atoms. The van der Waals surface area contributed by atoms with Crippen LogP contribution in [0.25, 0.3) is 11.0 Å². The maximum atomic E-state index is 10.7. The van der Waals surface area contributed by atoms with Crippen LogP contribution in [0.1, 0.15) is 12.5 Å². The molecule has 0 saturated heterocycles. The first-order valence-corrected chi connectivity index (χ1v) is 5.30. The van der Waals surface area contributed by atoms with Gasteiger partial charge in [-0.3, -0.25) is 4.79 Å². The van der Waals surface area contributed by atoms with Gasteiger partial charge in [0.05, 0.1) is 22.8 Å². The lowest BCUT2D eigenvalue weighted by atomic mass is 10.0. The van der Waals surface area contributed by atoms with Crippen LogP contribution in [0.3, 0.4) is 0 Å². The van der Waals surface area contributed by atoms with E-state index in [1.807, 2.05) is 6.07 Å². The Hall–Kier alpha value is -1.55. The fourth-order valence-corrected chi connectivity index (χ4v) is 1.91. The summed E-state index contributed by atoms with van der Waals surface area (Å²) in [5.74, 6) is -1.22. The lowest BCUT2D eigenvalue weighted by molar-refractivity contribution is -0.141. The second kappa shape index (κ2) is 4.14. The van der Waals surface area contributed by atoms with Crippen LogP contribution in [0.4, 0.5) is 0 Å². The number of aliphatic carboxylic acids is 1. The molecule has 1 heterocycles. The average Bonchev–Trinajstić information content (AvgIpc) is 2.65. The first kappa shape index (κ1) is 11.0. The summed E-state index contributed by atoms with van der Waals surface area (Å²) in [5.41, 5.74) is 2.45. The number of rotatable bonds is 3. The molecule has 2 N–H and O–H groups in total. The minimum absolute atomic E-state index is 0.420. The van der Waals surface area contributed by atoms with Crippen LogP contribution in [0.5, 0.6) is 0 Å². The molecule has 0 spiro atoms. The van der Waals surface area contributed by atoms with Crippen molar-refractivity contribution in [2.24, 2.45) is 5.92 Å². The van der Waals surface area contributed by atoms with Crippen molar-refractivity contribution >= 4 is 28.6 Å². The van der Waals surface area contributed by atoms with Gasteiger partial charge < -0.3 is 10.1 Å². The molecular weight excluding hydrogens is 228 g/mol. The van der Waals surface area contributed by atoms with E-state index in [9.17, 15) is 4.79 Å². The number of H-pyrrole nitrogens is 1. The average molecular weight is 239 g/mol. The fraction of sp³-hybridized carbons (Fsp3) is 0.273. The van der Waals surface area contributed by atoms with E-state index in [0.29, 0.717) is 17.0 Å². The second-order valence-corrected chi connectivity index (χ2v) is 4.23. The molecule has 2 aromatic rings. The molecule has 4 nitrogen and oxygen atoms in total. The van der Waals surface area contributed by atoms with Gasteiger partial charge in [0, 0.05) is 0 Å². The summed E-state index contributed by atoms with van der Waals surface area (Å²) < 4.78 is 0. The van der Waals surface area contributed by atoms with Gasteiger partial charge in [-0.1, -0.05) is 18.5 Å². The molecule has 1 unspecified atom stereocenters. The molecule has 0 aliphatic heterocycles. The molecule has 1 atom stereocenters. The molecule has 0 amide bonds. The van der Waals surface area contributed by atoms with Crippen molar-refractivity contribution < 1.29 is 9.90 Å². The third-order valence-corrected chi connectivity index (χ3v) is 2.79. The Morgan fingerprint density at radius 1 is 1.62 bits per heavy atom. The zero-order valence-electron chi connectivity index (χ0n) is 8.70. The number of hydrogen-bond acceptors (Lipinski definition) is 2. The van der Waals surface area contributed by atoms with E-state index in [1.54, 1.807) is 19.3 Å². The number of nitrogens with one attached hydrogen (secondary N) is 1. The number of hydrogen-bond donors (Lipinski definition) is 2. The maximum Gasteiger partial charge on any atom is 0.306 e. The summed E-state index contributed by atoms with van der Waals surface area (Å²) in [4.78, 5) is 17.8. The van der Waals surface area contributed by atoms with E-state index < -0.39 is 11.9 Å². The SMILES string of the molecule is CC(Cc1cc(Cl)c2nc[nH]c2c1)C(=O)O. The lowest BCUT2D eigenvalue weighted by Gasteiger charge is -2.06. The predicted octanol–water partition coefficient (Wildman–Crippen LogP) is 2.48. The van der Waals surface area contributed by atoms with Crippen LogP contribution in [0.2, 0.25) is 5.02 Å². The molecule has 0 saturated carbocycles. The molecule has 2 rings (SSSR count). The summed E-state index contributed by atoms with van der Waals surface area (Å²) in [6.45, 7) is 1.67. The number of aromatic nitrogens is 2. The minimum atomic E-state index is -0.805. The lowest BCUT2D eigenvalue weighted by Crippen LogP contribution is -2.12. The summed E-state index contributed by atoms with van der Waals surface area (Å²) in [6, 6.07) is 3.65. The van der Waals surface area contributed by atoms with Crippen molar-refractivity contribution in [3.63, 3.8) is 0 Å². The third kappa shape index (κ3) is 2.02. The Morgan fingerprint density at radius 3 is 3.06 bits per heavy atom.